The van der Waals surface area contributed by atoms with Gasteiger partial charge in [0.15, 0.2) is 0 Å². The molecule has 2 N–H and O–H groups in total. The summed E-state index contributed by atoms with van der Waals surface area (Å²) < 4.78 is 0. The molecule has 0 aliphatic heterocycles. The van der Waals surface area contributed by atoms with Gasteiger partial charge in [0.05, 0.1) is 0 Å². The Hall–Kier alpha value is -0.820. The predicted octanol–water partition coefficient (Wildman–Crippen LogP) is 2.12. The summed E-state index contributed by atoms with van der Waals surface area (Å²) in [6, 6.07) is 7.04. The topological polar surface area (TPSA) is 26.0 Å². The molecule has 0 heterocycles. The Bertz CT molecular complexity index is 304. The van der Waals surface area contributed by atoms with E-state index in [-0.39, 0.29) is 0 Å². The number of hydrogen-bond donors (Lipinski definition) is 1. The van der Waals surface area contributed by atoms with Crippen molar-refractivity contribution in [3.05, 3.63) is 34.9 Å². The summed E-state index contributed by atoms with van der Waals surface area (Å²) >= 11 is 0. The molecule has 1 nitrogen and oxygen atoms in total. The fraction of sp³-hybridized carbons (Fsp3) is 0.455. The highest BCUT2D eigenvalue weighted by molar-refractivity contribution is 5.37. The lowest BCUT2D eigenvalue weighted by Crippen LogP contribution is -2.02. The van der Waals surface area contributed by atoms with E-state index in [0.717, 1.165) is 0 Å². The summed E-state index contributed by atoms with van der Waals surface area (Å²) in [5, 5.41) is 0. The van der Waals surface area contributed by atoms with Crippen LogP contribution >= 0.6 is 0 Å². The monoisotopic (exact) mass is 161 g/mol. The fourth-order valence-electron chi connectivity index (χ4n) is 1.73. The molecule has 0 unspecified atom stereocenters. The summed E-state index contributed by atoms with van der Waals surface area (Å²) in [5.74, 6) is 0.643. The maximum absolute atomic E-state index is 5.82. The van der Waals surface area contributed by atoms with Crippen LogP contribution in [0, 0.1) is 13.8 Å². The molecule has 1 aromatic carbocycles. The summed E-state index contributed by atoms with van der Waals surface area (Å²) in [7, 11) is 0. The van der Waals surface area contributed by atoms with E-state index >= 15 is 0 Å². The van der Waals surface area contributed by atoms with Gasteiger partial charge in [0, 0.05) is 12.0 Å². The second-order valence-corrected chi connectivity index (χ2v) is 3.87. The Balaban J connectivity index is 2.36. The zero-order chi connectivity index (χ0) is 8.72. The average molecular weight is 161 g/mol. The van der Waals surface area contributed by atoms with Crippen molar-refractivity contribution < 1.29 is 0 Å². The van der Waals surface area contributed by atoms with Gasteiger partial charge in [0.1, 0.15) is 0 Å². The molecule has 0 radical (unpaired) electrons. The Morgan fingerprint density at radius 1 is 1.33 bits per heavy atom. The quantitative estimate of drug-likeness (QED) is 0.670. The van der Waals surface area contributed by atoms with Crippen LogP contribution < -0.4 is 5.73 Å². The van der Waals surface area contributed by atoms with E-state index in [9.17, 15) is 0 Å². The number of benzene rings is 1. The molecule has 12 heavy (non-hydrogen) atoms. The summed E-state index contributed by atoms with van der Waals surface area (Å²) in [5.41, 5.74) is 10.0. The van der Waals surface area contributed by atoms with E-state index in [1.54, 1.807) is 0 Å². The lowest BCUT2D eigenvalue weighted by atomic mass is 10.0. The van der Waals surface area contributed by atoms with Crippen molar-refractivity contribution in [2.45, 2.75) is 32.2 Å². The molecule has 2 rings (SSSR count). The zero-order valence-corrected chi connectivity index (χ0v) is 7.67. The van der Waals surface area contributed by atoms with Crippen molar-refractivity contribution >= 4 is 0 Å². The first-order valence-electron chi connectivity index (χ1n) is 4.51. The van der Waals surface area contributed by atoms with Gasteiger partial charge < -0.3 is 5.73 Å². The third-order valence-electron chi connectivity index (χ3n) is 2.67. The second-order valence-electron chi connectivity index (χ2n) is 3.87. The van der Waals surface area contributed by atoms with Gasteiger partial charge in [0.25, 0.3) is 0 Å². The second kappa shape index (κ2) is 2.60. The van der Waals surface area contributed by atoms with Crippen molar-refractivity contribution in [2.24, 2.45) is 5.73 Å². The van der Waals surface area contributed by atoms with Crippen molar-refractivity contribution in [3.63, 3.8) is 0 Å². The van der Waals surface area contributed by atoms with Crippen LogP contribution in [0.1, 0.15) is 29.0 Å². The van der Waals surface area contributed by atoms with Gasteiger partial charge in [-0.25, -0.2) is 0 Å². The smallest absolute Gasteiger partial charge is 0.0115 e. The Morgan fingerprint density at radius 3 is 2.58 bits per heavy atom. The zero-order valence-electron chi connectivity index (χ0n) is 7.67. The van der Waals surface area contributed by atoms with Gasteiger partial charge in [-0.05, 0) is 31.4 Å². The molecule has 0 saturated heterocycles. The van der Waals surface area contributed by atoms with E-state index < -0.39 is 0 Å². The summed E-state index contributed by atoms with van der Waals surface area (Å²) in [6.45, 7) is 4.30. The molecular weight excluding hydrogens is 146 g/mol. The van der Waals surface area contributed by atoms with E-state index in [1.165, 1.54) is 23.1 Å². The van der Waals surface area contributed by atoms with Gasteiger partial charge in [0.2, 0.25) is 0 Å². The van der Waals surface area contributed by atoms with Gasteiger partial charge in [-0.2, -0.15) is 0 Å². The predicted molar refractivity (Wildman–Crippen MR) is 51.2 cm³/mol. The molecule has 64 valence electrons. The van der Waals surface area contributed by atoms with Gasteiger partial charge in [-0.3, -0.25) is 0 Å². The molecule has 1 aliphatic carbocycles. The van der Waals surface area contributed by atoms with Crippen LogP contribution in [0.5, 0.6) is 0 Å². The first-order valence-corrected chi connectivity index (χ1v) is 4.51. The maximum Gasteiger partial charge on any atom is 0.0115 e. The molecule has 1 fully saturated rings. The summed E-state index contributed by atoms with van der Waals surface area (Å²) in [6.07, 6.45) is 1.17. The van der Waals surface area contributed by atoms with Crippen LogP contribution in [0.3, 0.4) is 0 Å². The van der Waals surface area contributed by atoms with Crippen LogP contribution in [0.25, 0.3) is 0 Å². The van der Waals surface area contributed by atoms with Crippen LogP contribution in [-0.4, -0.2) is 6.04 Å². The van der Waals surface area contributed by atoms with Crippen LogP contribution in [-0.2, 0) is 0 Å². The Kier molecular flexibility index (Phi) is 1.69. The first-order chi connectivity index (χ1) is 5.68. The van der Waals surface area contributed by atoms with Crippen LogP contribution in [0.2, 0.25) is 0 Å². The highest BCUT2D eigenvalue weighted by Crippen LogP contribution is 2.40. The molecule has 1 aromatic rings. The molecule has 0 spiro atoms. The number of aryl methyl sites for hydroxylation is 2. The molecule has 2 atom stereocenters. The van der Waals surface area contributed by atoms with Crippen molar-refractivity contribution in [3.8, 4) is 0 Å². The SMILES string of the molecule is Cc1ccc(C)c([C@@H]2C[C@H]2N)c1. The van der Waals surface area contributed by atoms with Crippen LogP contribution in [0.4, 0.5) is 0 Å². The minimum atomic E-state index is 0.422. The number of rotatable bonds is 1. The maximum atomic E-state index is 5.82. The minimum absolute atomic E-state index is 0.422. The van der Waals surface area contributed by atoms with Crippen molar-refractivity contribution in [1.82, 2.24) is 0 Å². The van der Waals surface area contributed by atoms with Crippen LogP contribution in [0.15, 0.2) is 18.2 Å². The van der Waals surface area contributed by atoms with E-state index in [4.69, 9.17) is 5.73 Å². The average Bonchev–Trinajstić information content (AvgIpc) is 2.73. The molecule has 0 aromatic heterocycles. The molecule has 1 saturated carbocycles. The fourth-order valence-corrected chi connectivity index (χ4v) is 1.73. The molecule has 0 amide bonds. The van der Waals surface area contributed by atoms with E-state index in [0.29, 0.717) is 12.0 Å². The van der Waals surface area contributed by atoms with Gasteiger partial charge >= 0.3 is 0 Å². The highest BCUT2D eigenvalue weighted by atomic mass is 14.7. The molecule has 0 bridgehead atoms. The Morgan fingerprint density at radius 2 is 2.00 bits per heavy atom. The third kappa shape index (κ3) is 1.25. The van der Waals surface area contributed by atoms with Crippen molar-refractivity contribution in [2.75, 3.05) is 0 Å². The van der Waals surface area contributed by atoms with E-state index in [2.05, 4.69) is 32.0 Å². The normalized spacial score (nSPS) is 27.2. The molecule has 1 aliphatic rings. The summed E-state index contributed by atoms with van der Waals surface area (Å²) in [4.78, 5) is 0. The van der Waals surface area contributed by atoms with E-state index in [1.807, 2.05) is 0 Å². The largest absolute Gasteiger partial charge is 0.327 e. The van der Waals surface area contributed by atoms with Gasteiger partial charge in [-0.15, -0.1) is 0 Å². The Labute approximate surface area is 73.6 Å². The standard InChI is InChI=1S/C11H15N/c1-7-3-4-8(2)9(5-7)10-6-11(10)12/h3-5,10-11H,6,12H2,1-2H3/t10-,11+/m0/s1. The molecular formula is C11H15N. The first kappa shape index (κ1) is 7.81. The number of nitrogens with two attached hydrogens (primary N) is 1. The lowest BCUT2D eigenvalue weighted by Gasteiger charge is -2.04. The number of hydrogen-bond acceptors (Lipinski definition) is 1. The molecule has 1 heteroatoms. The minimum Gasteiger partial charge on any atom is -0.327 e. The third-order valence-corrected chi connectivity index (χ3v) is 2.67. The van der Waals surface area contributed by atoms with Gasteiger partial charge in [-0.1, -0.05) is 23.8 Å². The van der Waals surface area contributed by atoms with Crippen molar-refractivity contribution in [1.29, 1.82) is 0 Å². The highest BCUT2D eigenvalue weighted by Gasteiger charge is 2.35. The lowest BCUT2D eigenvalue weighted by molar-refractivity contribution is 0.978.